The molecule has 1 aliphatic heterocycles. The number of hydrogen-bond donors (Lipinski definition) is 2. The topological polar surface area (TPSA) is 59.8 Å². The van der Waals surface area contributed by atoms with E-state index in [-0.39, 0.29) is 32.3 Å². The number of aromatic nitrogens is 1. The van der Waals surface area contributed by atoms with E-state index in [2.05, 4.69) is 105 Å². The minimum atomic E-state index is -0.375. The summed E-state index contributed by atoms with van der Waals surface area (Å²) in [7, 11) is 2.11. The molecule has 0 amide bonds. The first kappa shape index (κ1) is 37.4. The standard InChI is InChI=1S/C20H28N2.C15H10N.C5H12O2.Ir/c1-19(2)11-16(12-20(3,4)14-19)18-13-21(5)15-22(18)17-9-7-6-8-10-17;1-2-6-12(7-3-1)15-10-13-8-4-5-9-14(13)11-16-15;1-4(6)3-5(2)7;/h6-9,13,15-16H,11-12,14H2,1-5H3;1-6,8-11H;4-7H,3H2,1-2H3;/q-2;-1;;+3. The number of fused-ring (bicyclic) bond motifs is 1. The van der Waals surface area contributed by atoms with Gasteiger partial charge in [0.05, 0.1) is 12.2 Å². The molecule has 2 atom stereocenters. The molecule has 6 heteroatoms. The number of pyridine rings is 1. The van der Waals surface area contributed by atoms with Crippen LogP contribution in [0, 0.1) is 35.5 Å². The maximum atomic E-state index is 8.56. The molecule has 5 nitrogen and oxygen atoms in total. The first-order valence-corrected chi connectivity index (χ1v) is 16.0. The van der Waals surface area contributed by atoms with E-state index in [1.165, 1.54) is 35.7 Å². The molecule has 3 aromatic carbocycles. The van der Waals surface area contributed by atoms with E-state index in [1.807, 2.05) is 54.7 Å². The van der Waals surface area contributed by atoms with Gasteiger partial charge in [-0.15, -0.1) is 41.6 Å². The zero-order chi connectivity index (χ0) is 32.6. The van der Waals surface area contributed by atoms with Gasteiger partial charge >= 0.3 is 20.1 Å². The van der Waals surface area contributed by atoms with Gasteiger partial charge in [0.25, 0.3) is 0 Å². The predicted octanol–water partition coefficient (Wildman–Crippen LogP) is 8.89. The first-order valence-electron chi connectivity index (χ1n) is 16.0. The quantitative estimate of drug-likeness (QED) is 0.198. The van der Waals surface area contributed by atoms with E-state index in [0.717, 1.165) is 16.9 Å². The fraction of sp³-hybridized carbons (Fsp3) is 0.400. The molecular formula is C40H50IrN3O2. The Labute approximate surface area is 290 Å². The number of para-hydroxylation sites is 1. The molecule has 0 radical (unpaired) electrons. The predicted molar refractivity (Wildman–Crippen MR) is 187 cm³/mol. The van der Waals surface area contributed by atoms with Gasteiger partial charge < -0.3 is 25.0 Å². The number of rotatable bonds is 5. The fourth-order valence-electron chi connectivity index (χ4n) is 6.92. The van der Waals surface area contributed by atoms with Gasteiger partial charge in [-0.25, -0.2) is 0 Å². The van der Waals surface area contributed by atoms with Crippen molar-refractivity contribution in [3.8, 4) is 11.3 Å². The van der Waals surface area contributed by atoms with Crippen molar-refractivity contribution in [2.75, 3.05) is 11.9 Å². The van der Waals surface area contributed by atoms with Crippen LogP contribution in [-0.4, -0.2) is 39.4 Å². The average Bonchev–Trinajstić information content (AvgIpc) is 3.38. The minimum absolute atomic E-state index is 0. The van der Waals surface area contributed by atoms with Crippen molar-refractivity contribution >= 4 is 16.5 Å². The van der Waals surface area contributed by atoms with Crippen molar-refractivity contribution in [2.24, 2.45) is 16.7 Å². The van der Waals surface area contributed by atoms with Crippen LogP contribution >= 0.6 is 0 Å². The van der Waals surface area contributed by atoms with Gasteiger partial charge in [-0.2, -0.15) is 37.0 Å². The summed E-state index contributed by atoms with van der Waals surface area (Å²) in [5, 5.41) is 19.5. The molecule has 1 aromatic heterocycles. The summed E-state index contributed by atoms with van der Waals surface area (Å²) < 4.78 is 0. The number of aliphatic hydroxyl groups excluding tert-OH is 2. The number of anilines is 1. The molecule has 46 heavy (non-hydrogen) atoms. The Kier molecular flexibility index (Phi) is 13.6. The van der Waals surface area contributed by atoms with Crippen molar-refractivity contribution in [3.63, 3.8) is 0 Å². The average molecular weight is 797 g/mol. The Bertz CT molecular complexity index is 1500. The number of hydrogen-bond acceptors (Lipinski definition) is 5. The summed E-state index contributed by atoms with van der Waals surface area (Å²) in [5.74, 6) is 0.605. The molecule has 246 valence electrons. The smallest absolute Gasteiger partial charge is 0.510 e. The van der Waals surface area contributed by atoms with E-state index in [4.69, 9.17) is 10.2 Å². The molecule has 2 N–H and O–H groups in total. The third-order valence-corrected chi connectivity index (χ3v) is 8.14. The molecule has 2 heterocycles. The van der Waals surface area contributed by atoms with Gasteiger partial charge in [-0.05, 0) is 86.0 Å². The monoisotopic (exact) mass is 797 g/mol. The second-order valence-corrected chi connectivity index (χ2v) is 14.2. The van der Waals surface area contributed by atoms with Crippen LogP contribution in [-0.2, 0) is 20.1 Å². The Hall–Kier alpha value is -3.02. The number of allylic oxidation sites excluding steroid dienone is 1. The van der Waals surface area contributed by atoms with Crippen LogP contribution < -0.4 is 4.90 Å². The summed E-state index contributed by atoms with van der Waals surface area (Å²) in [6, 6.07) is 33.0. The minimum Gasteiger partial charge on any atom is -0.510 e. The Morgan fingerprint density at radius 3 is 2.00 bits per heavy atom. The van der Waals surface area contributed by atoms with Crippen molar-refractivity contribution in [2.45, 2.75) is 79.4 Å². The summed E-state index contributed by atoms with van der Waals surface area (Å²) in [6.07, 6.45) is 7.75. The zero-order valence-electron chi connectivity index (χ0n) is 28.4. The SMILES string of the molecule is CC(O)CC(C)O.CN1C=C(C2CC(C)(C)CC(C)(C)C2)N(c2[c-]cccc2)[CH-]1.[Ir+3].[c-]1ccccc1-c1cc2ccccc2cn1. The van der Waals surface area contributed by atoms with Crippen LogP contribution in [0.5, 0.6) is 0 Å². The van der Waals surface area contributed by atoms with E-state index in [1.54, 1.807) is 13.8 Å². The number of nitrogens with zero attached hydrogens (tertiary/aromatic N) is 3. The van der Waals surface area contributed by atoms with Gasteiger partial charge in [-0.1, -0.05) is 58.0 Å². The van der Waals surface area contributed by atoms with E-state index >= 15 is 0 Å². The molecule has 4 aromatic rings. The summed E-state index contributed by atoms with van der Waals surface area (Å²) in [6.45, 7) is 15.2. The molecule has 1 aliphatic carbocycles. The third-order valence-electron chi connectivity index (χ3n) is 8.14. The zero-order valence-corrected chi connectivity index (χ0v) is 30.8. The molecule has 1 fully saturated rings. The van der Waals surface area contributed by atoms with Crippen LogP contribution in [0.15, 0.2) is 97.0 Å². The molecule has 1 saturated carbocycles. The van der Waals surface area contributed by atoms with Gasteiger partial charge in [0.1, 0.15) is 0 Å². The molecule has 6 rings (SSSR count). The normalized spacial score (nSPS) is 18.2. The van der Waals surface area contributed by atoms with Crippen LogP contribution in [0.2, 0.25) is 0 Å². The summed E-state index contributed by atoms with van der Waals surface area (Å²) >= 11 is 0. The molecule has 0 spiro atoms. The second-order valence-electron chi connectivity index (χ2n) is 14.2. The van der Waals surface area contributed by atoms with E-state index in [9.17, 15) is 0 Å². The Morgan fingerprint density at radius 2 is 1.46 bits per heavy atom. The molecule has 2 aliphatic rings. The van der Waals surface area contributed by atoms with Gasteiger partial charge in [0.15, 0.2) is 0 Å². The number of benzene rings is 3. The van der Waals surface area contributed by atoms with Crippen molar-refractivity contribution in [3.05, 3.63) is 116 Å². The largest absolute Gasteiger partial charge is 3.00 e. The van der Waals surface area contributed by atoms with Crippen LogP contribution in [0.3, 0.4) is 0 Å². The van der Waals surface area contributed by atoms with Crippen LogP contribution in [0.1, 0.15) is 67.2 Å². The van der Waals surface area contributed by atoms with E-state index < -0.39 is 0 Å². The Balaban J connectivity index is 0.000000210. The third kappa shape index (κ3) is 11.1. The van der Waals surface area contributed by atoms with Gasteiger partial charge in [0, 0.05) is 11.9 Å². The van der Waals surface area contributed by atoms with Crippen LogP contribution in [0.4, 0.5) is 5.69 Å². The van der Waals surface area contributed by atoms with Gasteiger partial charge in [0.2, 0.25) is 0 Å². The molecular weight excluding hydrogens is 747 g/mol. The molecule has 0 bridgehead atoms. The van der Waals surface area contributed by atoms with Gasteiger partial charge in [-0.3, -0.25) is 0 Å². The number of aliphatic hydroxyl groups is 2. The summed E-state index contributed by atoms with van der Waals surface area (Å²) in [5.41, 5.74) is 5.37. The fourth-order valence-corrected chi connectivity index (χ4v) is 6.92. The van der Waals surface area contributed by atoms with Crippen molar-refractivity contribution < 1.29 is 30.3 Å². The van der Waals surface area contributed by atoms with Crippen molar-refractivity contribution in [1.29, 1.82) is 0 Å². The first-order chi connectivity index (χ1) is 21.3. The Morgan fingerprint density at radius 1 is 0.870 bits per heavy atom. The van der Waals surface area contributed by atoms with E-state index in [0.29, 0.717) is 23.2 Å². The maximum absolute atomic E-state index is 8.56. The van der Waals surface area contributed by atoms with Crippen LogP contribution in [0.25, 0.3) is 22.0 Å². The molecule has 2 unspecified atom stereocenters. The second kappa shape index (κ2) is 16.7. The summed E-state index contributed by atoms with van der Waals surface area (Å²) in [4.78, 5) is 8.94. The maximum Gasteiger partial charge on any atom is 3.00 e. The van der Waals surface area contributed by atoms with Crippen molar-refractivity contribution in [1.82, 2.24) is 9.88 Å². The molecule has 0 saturated heterocycles.